The second-order valence-electron chi connectivity index (χ2n) is 6.82. The predicted octanol–water partition coefficient (Wildman–Crippen LogP) is 2.36. The summed E-state index contributed by atoms with van der Waals surface area (Å²) < 4.78 is 0. The van der Waals surface area contributed by atoms with E-state index in [0.717, 1.165) is 12.5 Å². The molecule has 1 saturated carbocycles. The summed E-state index contributed by atoms with van der Waals surface area (Å²) in [5, 5.41) is 13.9. The Bertz CT molecular complexity index is 446. The van der Waals surface area contributed by atoms with Gasteiger partial charge < -0.3 is 15.3 Å². The lowest BCUT2D eigenvalue weighted by atomic mass is 9.89. The lowest BCUT2D eigenvalue weighted by Crippen LogP contribution is -2.54. The van der Waals surface area contributed by atoms with Crippen LogP contribution in [0.2, 0.25) is 0 Å². The summed E-state index contributed by atoms with van der Waals surface area (Å²) in [4.78, 5) is 2.53. The molecule has 0 aromatic heterocycles. The first kappa shape index (κ1) is 15.0. The summed E-state index contributed by atoms with van der Waals surface area (Å²) in [6.07, 6.45) is 5.05. The SMILES string of the molecule is CCC1CCN(CC(CO)(NC2CC2)c2ccccc2)C1. The van der Waals surface area contributed by atoms with E-state index >= 15 is 0 Å². The summed E-state index contributed by atoms with van der Waals surface area (Å²) in [5.41, 5.74) is 0.921. The molecule has 2 aliphatic rings. The van der Waals surface area contributed by atoms with Crippen molar-refractivity contribution in [2.45, 2.75) is 44.2 Å². The van der Waals surface area contributed by atoms with Gasteiger partial charge in [0.1, 0.15) is 0 Å². The average Bonchev–Trinajstić information content (AvgIpc) is 3.23. The number of likely N-dealkylation sites (tertiary alicyclic amines) is 1. The standard InChI is InChI=1S/C18H28N2O/c1-2-15-10-11-20(12-15)13-18(14-21,19-17-8-9-17)16-6-4-3-5-7-16/h3-7,15,17,19,21H,2,8-14H2,1H3. The highest BCUT2D eigenvalue weighted by Crippen LogP contribution is 2.31. The van der Waals surface area contributed by atoms with Gasteiger partial charge in [0.25, 0.3) is 0 Å². The van der Waals surface area contributed by atoms with Crippen molar-refractivity contribution in [2.24, 2.45) is 5.92 Å². The Labute approximate surface area is 128 Å². The van der Waals surface area contributed by atoms with Crippen LogP contribution >= 0.6 is 0 Å². The molecule has 2 atom stereocenters. The van der Waals surface area contributed by atoms with Gasteiger partial charge in [-0.1, -0.05) is 43.7 Å². The van der Waals surface area contributed by atoms with Gasteiger partial charge in [-0.2, -0.15) is 0 Å². The fraction of sp³-hybridized carbons (Fsp3) is 0.667. The van der Waals surface area contributed by atoms with Gasteiger partial charge in [0.15, 0.2) is 0 Å². The molecule has 1 aliphatic heterocycles. The van der Waals surface area contributed by atoms with E-state index in [1.807, 2.05) is 6.07 Å². The van der Waals surface area contributed by atoms with E-state index in [4.69, 9.17) is 0 Å². The lowest BCUT2D eigenvalue weighted by molar-refractivity contribution is 0.113. The highest BCUT2D eigenvalue weighted by molar-refractivity contribution is 5.26. The Morgan fingerprint density at radius 1 is 1.24 bits per heavy atom. The summed E-state index contributed by atoms with van der Waals surface area (Å²) in [5.74, 6) is 0.832. The first-order chi connectivity index (χ1) is 10.3. The molecule has 3 rings (SSSR count). The van der Waals surface area contributed by atoms with Crippen molar-refractivity contribution in [3.05, 3.63) is 35.9 Å². The minimum absolute atomic E-state index is 0.167. The second kappa shape index (κ2) is 6.47. The molecular formula is C18H28N2O. The quantitative estimate of drug-likeness (QED) is 0.808. The zero-order valence-corrected chi connectivity index (χ0v) is 13.1. The van der Waals surface area contributed by atoms with Crippen molar-refractivity contribution in [3.63, 3.8) is 0 Å². The molecular weight excluding hydrogens is 260 g/mol. The van der Waals surface area contributed by atoms with E-state index in [2.05, 4.69) is 41.4 Å². The lowest BCUT2D eigenvalue weighted by Gasteiger charge is -2.37. The average molecular weight is 288 g/mol. The van der Waals surface area contributed by atoms with Gasteiger partial charge in [-0.05, 0) is 37.3 Å². The summed E-state index contributed by atoms with van der Waals surface area (Å²) in [7, 11) is 0. The zero-order chi connectivity index (χ0) is 14.7. The molecule has 0 spiro atoms. The molecule has 0 amide bonds. The van der Waals surface area contributed by atoms with Crippen molar-refractivity contribution in [3.8, 4) is 0 Å². The van der Waals surface area contributed by atoms with Crippen LogP contribution in [0.4, 0.5) is 0 Å². The number of nitrogens with zero attached hydrogens (tertiary/aromatic N) is 1. The van der Waals surface area contributed by atoms with Crippen LogP contribution < -0.4 is 5.32 Å². The minimum atomic E-state index is -0.301. The van der Waals surface area contributed by atoms with Crippen LogP contribution in [0, 0.1) is 5.92 Å². The summed E-state index contributed by atoms with van der Waals surface area (Å²) in [6, 6.07) is 11.1. The first-order valence-corrected chi connectivity index (χ1v) is 8.42. The normalized spacial score (nSPS) is 25.9. The van der Waals surface area contributed by atoms with Gasteiger partial charge in [0, 0.05) is 19.1 Å². The first-order valence-electron chi connectivity index (χ1n) is 8.42. The number of aliphatic hydroxyl groups excluding tert-OH is 1. The molecule has 1 heterocycles. The summed E-state index contributed by atoms with van der Waals surface area (Å²) in [6.45, 7) is 5.71. The molecule has 116 valence electrons. The Morgan fingerprint density at radius 2 is 2.00 bits per heavy atom. The highest BCUT2D eigenvalue weighted by Gasteiger charge is 2.39. The Kier molecular flexibility index (Phi) is 4.63. The smallest absolute Gasteiger partial charge is 0.0799 e. The third-order valence-electron chi connectivity index (χ3n) is 5.09. The predicted molar refractivity (Wildman–Crippen MR) is 86.2 cm³/mol. The van der Waals surface area contributed by atoms with E-state index in [0.29, 0.717) is 6.04 Å². The molecule has 1 aliphatic carbocycles. The number of rotatable bonds is 7. The van der Waals surface area contributed by atoms with Crippen LogP contribution in [-0.2, 0) is 5.54 Å². The number of aliphatic hydroxyl groups is 1. The van der Waals surface area contributed by atoms with Gasteiger partial charge in [0.2, 0.25) is 0 Å². The second-order valence-corrected chi connectivity index (χ2v) is 6.82. The molecule has 2 N–H and O–H groups in total. The third kappa shape index (κ3) is 3.47. The zero-order valence-electron chi connectivity index (χ0n) is 13.1. The van der Waals surface area contributed by atoms with Gasteiger partial charge in [-0.25, -0.2) is 0 Å². The topological polar surface area (TPSA) is 35.5 Å². The van der Waals surface area contributed by atoms with Crippen LogP contribution in [0.5, 0.6) is 0 Å². The van der Waals surface area contributed by atoms with Gasteiger partial charge in [-0.15, -0.1) is 0 Å². The molecule has 3 nitrogen and oxygen atoms in total. The molecule has 2 fully saturated rings. The highest BCUT2D eigenvalue weighted by atomic mass is 16.3. The maximum absolute atomic E-state index is 10.2. The number of benzene rings is 1. The van der Waals surface area contributed by atoms with Crippen LogP contribution in [0.3, 0.4) is 0 Å². The van der Waals surface area contributed by atoms with Crippen molar-refractivity contribution in [1.82, 2.24) is 10.2 Å². The molecule has 2 unspecified atom stereocenters. The summed E-state index contributed by atoms with van der Waals surface area (Å²) >= 11 is 0. The molecule has 0 bridgehead atoms. The molecule has 1 aromatic carbocycles. The van der Waals surface area contributed by atoms with Crippen molar-refractivity contribution >= 4 is 0 Å². The third-order valence-corrected chi connectivity index (χ3v) is 5.09. The monoisotopic (exact) mass is 288 g/mol. The van der Waals surface area contributed by atoms with Gasteiger partial charge >= 0.3 is 0 Å². The van der Waals surface area contributed by atoms with Crippen molar-refractivity contribution in [1.29, 1.82) is 0 Å². The fourth-order valence-electron chi connectivity index (χ4n) is 3.55. The van der Waals surface area contributed by atoms with Crippen LogP contribution in [0.25, 0.3) is 0 Å². The minimum Gasteiger partial charge on any atom is -0.394 e. The van der Waals surface area contributed by atoms with Crippen molar-refractivity contribution < 1.29 is 5.11 Å². The fourth-order valence-corrected chi connectivity index (χ4v) is 3.55. The van der Waals surface area contributed by atoms with Crippen molar-refractivity contribution in [2.75, 3.05) is 26.2 Å². The molecule has 0 radical (unpaired) electrons. The van der Waals surface area contributed by atoms with E-state index in [1.54, 1.807) is 0 Å². The number of nitrogens with one attached hydrogen (secondary N) is 1. The molecule has 1 saturated heterocycles. The molecule has 1 aromatic rings. The Hall–Kier alpha value is -0.900. The molecule has 3 heteroatoms. The van der Waals surface area contributed by atoms with Crippen LogP contribution in [-0.4, -0.2) is 42.3 Å². The Balaban J connectivity index is 1.78. The van der Waals surface area contributed by atoms with Crippen LogP contribution in [0.15, 0.2) is 30.3 Å². The van der Waals surface area contributed by atoms with E-state index in [9.17, 15) is 5.11 Å². The Morgan fingerprint density at radius 3 is 2.57 bits per heavy atom. The molecule has 21 heavy (non-hydrogen) atoms. The maximum atomic E-state index is 10.2. The van der Waals surface area contributed by atoms with E-state index in [-0.39, 0.29) is 12.1 Å². The maximum Gasteiger partial charge on any atom is 0.0799 e. The van der Waals surface area contributed by atoms with Gasteiger partial charge in [-0.3, -0.25) is 0 Å². The largest absolute Gasteiger partial charge is 0.394 e. The number of hydrogen-bond acceptors (Lipinski definition) is 3. The van der Waals surface area contributed by atoms with Crippen LogP contribution in [0.1, 0.15) is 38.2 Å². The van der Waals surface area contributed by atoms with Gasteiger partial charge in [0.05, 0.1) is 12.1 Å². The van der Waals surface area contributed by atoms with E-state index < -0.39 is 0 Å². The van der Waals surface area contributed by atoms with E-state index in [1.165, 1.54) is 44.3 Å². The number of hydrogen-bond donors (Lipinski definition) is 2.